The zero-order valence-electron chi connectivity index (χ0n) is 19.0. The molecular formula is C27H29ClN2O2S. The first-order valence-corrected chi connectivity index (χ1v) is 12.4. The van der Waals surface area contributed by atoms with E-state index in [1.54, 1.807) is 29.8 Å². The Kier molecular flexibility index (Phi) is 9.40. The Bertz CT molecular complexity index is 1060. The molecule has 33 heavy (non-hydrogen) atoms. The third-order valence-corrected chi connectivity index (χ3v) is 6.79. The molecule has 1 N–H and O–H groups in total. The number of amides is 2. The molecular weight excluding hydrogens is 452 g/mol. The van der Waals surface area contributed by atoms with Crippen molar-refractivity contribution in [1.82, 2.24) is 10.2 Å². The number of carbonyl (C=O) groups excluding carboxylic acids is 2. The standard InChI is InChI=1S/C27H29ClN2O2S/c1-20-12-14-22(15-13-20)18-33-19-26(31)30(17-23-10-6-7-11-24(23)28)25(27(32)29-2)16-21-8-4-3-5-9-21/h3-15,25H,16-19H2,1-2H3,(H,29,32)/t25-/m0/s1. The van der Waals surface area contributed by atoms with E-state index in [0.717, 1.165) is 16.9 Å². The summed E-state index contributed by atoms with van der Waals surface area (Å²) < 4.78 is 0. The summed E-state index contributed by atoms with van der Waals surface area (Å²) in [6.45, 7) is 2.33. The first kappa shape index (κ1) is 24.9. The van der Waals surface area contributed by atoms with Crippen molar-refractivity contribution >= 4 is 35.2 Å². The van der Waals surface area contributed by atoms with Gasteiger partial charge < -0.3 is 10.2 Å². The Morgan fingerprint density at radius 3 is 2.27 bits per heavy atom. The van der Waals surface area contributed by atoms with Crippen LogP contribution in [0.4, 0.5) is 0 Å². The summed E-state index contributed by atoms with van der Waals surface area (Å²) in [7, 11) is 1.60. The number of nitrogens with zero attached hydrogens (tertiary/aromatic N) is 1. The van der Waals surface area contributed by atoms with Gasteiger partial charge >= 0.3 is 0 Å². The molecule has 0 bridgehead atoms. The van der Waals surface area contributed by atoms with Gasteiger partial charge in [-0.1, -0.05) is 90.0 Å². The SMILES string of the molecule is CNC(=O)[C@H](Cc1ccccc1)N(Cc1ccccc1Cl)C(=O)CSCc1ccc(C)cc1. The molecule has 0 aliphatic heterocycles. The van der Waals surface area contributed by atoms with Crippen molar-refractivity contribution in [1.29, 1.82) is 0 Å². The van der Waals surface area contributed by atoms with Crippen molar-refractivity contribution in [3.8, 4) is 0 Å². The Hall–Kier alpha value is -2.76. The van der Waals surface area contributed by atoms with Gasteiger partial charge in [0.25, 0.3) is 0 Å². The van der Waals surface area contributed by atoms with Gasteiger partial charge in [0, 0.05) is 30.8 Å². The topological polar surface area (TPSA) is 49.4 Å². The zero-order valence-corrected chi connectivity index (χ0v) is 20.5. The van der Waals surface area contributed by atoms with Gasteiger partial charge in [-0.3, -0.25) is 9.59 Å². The van der Waals surface area contributed by atoms with Crippen molar-refractivity contribution in [2.75, 3.05) is 12.8 Å². The van der Waals surface area contributed by atoms with Crippen molar-refractivity contribution in [2.24, 2.45) is 0 Å². The van der Waals surface area contributed by atoms with Crippen molar-refractivity contribution in [3.05, 3.63) is 106 Å². The molecule has 0 heterocycles. The van der Waals surface area contributed by atoms with Gasteiger partial charge in [0.2, 0.25) is 11.8 Å². The van der Waals surface area contributed by atoms with Crippen LogP contribution in [0.2, 0.25) is 5.02 Å². The number of aryl methyl sites for hydroxylation is 1. The van der Waals surface area contributed by atoms with E-state index in [1.165, 1.54) is 11.1 Å². The quantitative estimate of drug-likeness (QED) is 0.430. The van der Waals surface area contributed by atoms with Crippen LogP contribution in [0.15, 0.2) is 78.9 Å². The van der Waals surface area contributed by atoms with Crippen LogP contribution in [0.1, 0.15) is 22.3 Å². The zero-order chi connectivity index (χ0) is 23.6. The molecule has 0 aliphatic carbocycles. The fourth-order valence-corrected chi connectivity index (χ4v) is 4.62. The highest BCUT2D eigenvalue weighted by Gasteiger charge is 2.30. The first-order valence-electron chi connectivity index (χ1n) is 10.9. The monoisotopic (exact) mass is 480 g/mol. The molecule has 4 nitrogen and oxygen atoms in total. The summed E-state index contributed by atoms with van der Waals surface area (Å²) in [5.74, 6) is 0.731. The number of hydrogen-bond donors (Lipinski definition) is 1. The average molecular weight is 481 g/mol. The molecule has 1 atom stereocenters. The van der Waals surface area contributed by atoms with E-state index in [1.807, 2.05) is 48.5 Å². The molecule has 3 rings (SSSR count). The highest BCUT2D eigenvalue weighted by Crippen LogP contribution is 2.22. The Morgan fingerprint density at radius 2 is 1.61 bits per heavy atom. The smallest absolute Gasteiger partial charge is 0.242 e. The van der Waals surface area contributed by atoms with Gasteiger partial charge in [0.15, 0.2) is 0 Å². The van der Waals surface area contributed by atoms with Gasteiger partial charge in [-0.25, -0.2) is 0 Å². The van der Waals surface area contributed by atoms with Gasteiger partial charge in [-0.05, 0) is 29.7 Å². The fraction of sp³-hybridized carbons (Fsp3) is 0.259. The summed E-state index contributed by atoms with van der Waals surface area (Å²) in [6.07, 6.45) is 0.430. The number of rotatable bonds is 10. The van der Waals surface area contributed by atoms with Crippen LogP contribution in [0.3, 0.4) is 0 Å². The second-order valence-electron chi connectivity index (χ2n) is 7.91. The molecule has 0 aliphatic rings. The Balaban J connectivity index is 1.81. The average Bonchev–Trinajstić information content (AvgIpc) is 2.83. The minimum atomic E-state index is -0.638. The molecule has 0 spiro atoms. The lowest BCUT2D eigenvalue weighted by Gasteiger charge is -2.31. The van der Waals surface area contributed by atoms with Crippen LogP contribution in [0.5, 0.6) is 0 Å². The molecule has 6 heteroatoms. The van der Waals surface area contributed by atoms with E-state index in [4.69, 9.17) is 11.6 Å². The largest absolute Gasteiger partial charge is 0.357 e. The molecule has 0 saturated carbocycles. The van der Waals surface area contributed by atoms with Crippen molar-refractivity contribution in [3.63, 3.8) is 0 Å². The molecule has 3 aromatic rings. The van der Waals surface area contributed by atoms with Gasteiger partial charge in [0.05, 0.1) is 5.75 Å². The lowest BCUT2D eigenvalue weighted by Crippen LogP contribution is -2.50. The summed E-state index contributed by atoms with van der Waals surface area (Å²) in [4.78, 5) is 28.0. The number of thioether (sulfide) groups is 1. The van der Waals surface area contributed by atoms with Gasteiger partial charge in [-0.2, -0.15) is 0 Å². The molecule has 0 unspecified atom stereocenters. The van der Waals surface area contributed by atoms with E-state index >= 15 is 0 Å². The predicted molar refractivity (Wildman–Crippen MR) is 137 cm³/mol. The molecule has 0 aromatic heterocycles. The minimum Gasteiger partial charge on any atom is -0.357 e. The van der Waals surface area contributed by atoms with Crippen LogP contribution in [0, 0.1) is 6.92 Å². The molecule has 0 radical (unpaired) electrons. The number of benzene rings is 3. The number of carbonyl (C=O) groups is 2. The lowest BCUT2D eigenvalue weighted by molar-refractivity contribution is -0.139. The maximum atomic E-state index is 13.4. The third-order valence-electron chi connectivity index (χ3n) is 5.43. The van der Waals surface area contributed by atoms with Gasteiger partial charge in [0.1, 0.15) is 6.04 Å². The molecule has 0 fully saturated rings. The number of hydrogen-bond acceptors (Lipinski definition) is 3. The maximum Gasteiger partial charge on any atom is 0.242 e. The van der Waals surface area contributed by atoms with Crippen molar-refractivity contribution in [2.45, 2.75) is 31.7 Å². The number of likely N-dealkylation sites (N-methyl/N-ethyl adjacent to an activating group) is 1. The van der Waals surface area contributed by atoms with Crippen LogP contribution < -0.4 is 5.32 Å². The second-order valence-corrected chi connectivity index (χ2v) is 9.30. The molecule has 2 amide bonds. The molecule has 172 valence electrons. The van der Waals surface area contributed by atoms with E-state index in [-0.39, 0.29) is 24.1 Å². The highest BCUT2D eigenvalue weighted by atomic mass is 35.5. The van der Waals surface area contributed by atoms with Crippen LogP contribution in [-0.4, -0.2) is 35.6 Å². The maximum absolute atomic E-state index is 13.4. The van der Waals surface area contributed by atoms with E-state index in [9.17, 15) is 9.59 Å². The van der Waals surface area contributed by atoms with E-state index in [2.05, 4.69) is 36.5 Å². The fourth-order valence-electron chi connectivity index (χ4n) is 3.55. The van der Waals surface area contributed by atoms with Crippen molar-refractivity contribution < 1.29 is 9.59 Å². The normalized spacial score (nSPS) is 11.6. The minimum absolute atomic E-state index is 0.0865. The van der Waals surface area contributed by atoms with E-state index in [0.29, 0.717) is 11.4 Å². The Labute approximate surface area is 205 Å². The molecule has 3 aromatic carbocycles. The lowest BCUT2D eigenvalue weighted by atomic mass is 10.0. The number of nitrogens with one attached hydrogen (secondary N) is 1. The third kappa shape index (κ3) is 7.37. The van der Waals surface area contributed by atoms with Gasteiger partial charge in [-0.15, -0.1) is 11.8 Å². The number of halogens is 1. The molecule has 0 saturated heterocycles. The van der Waals surface area contributed by atoms with Crippen LogP contribution in [-0.2, 0) is 28.3 Å². The van der Waals surface area contributed by atoms with Crippen LogP contribution >= 0.6 is 23.4 Å². The summed E-state index contributed by atoms with van der Waals surface area (Å²) in [6, 6.07) is 24.9. The summed E-state index contributed by atoms with van der Waals surface area (Å²) in [5.41, 5.74) is 4.19. The predicted octanol–water partition coefficient (Wildman–Crippen LogP) is 5.27. The first-order chi connectivity index (χ1) is 16.0. The summed E-state index contributed by atoms with van der Waals surface area (Å²) >= 11 is 7.96. The van der Waals surface area contributed by atoms with Crippen LogP contribution in [0.25, 0.3) is 0 Å². The Morgan fingerprint density at radius 1 is 0.939 bits per heavy atom. The second kappa shape index (κ2) is 12.5. The van der Waals surface area contributed by atoms with E-state index < -0.39 is 6.04 Å². The summed E-state index contributed by atoms with van der Waals surface area (Å²) in [5, 5.41) is 3.32. The highest BCUT2D eigenvalue weighted by molar-refractivity contribution is 7.99.